The van der Waals surface area contributed by atoms with Crippen molar-refractivity contribution >= 4 is 34.9 Å². The number of non-ortho nitro benzene ring substituents is 1. The lowest BCUT2D eigenvalue weighted by Crippen LogP contribution is -2.30. The molecule has 0 aliphatic carbocycles. The van der Waals surface area contributed by atoms with Crippen LogP contribution in [-0.2, 0) is 9.53 Å². The van der Waals surface area contributed by atoms with Crippen LogP contribution in [0.3, 0.4) is 0 Å². The van der Waals surface area contributed by atoms with Gasteiger partial charge in [0.25, 0.3) is 11.6 Å². The molecule has 7 nitrogen and oxygen atoms in total. The molecule has 0 spiro atoms. The monoisotopic (exact) mass is 348 g/mol. The third-order valence-corrected chi connectivity index (χ3v) is 3.39. The number of esters is 1. The van der Waals surface area contributed by atoms with Crippen molar-refractivity contribution in [2.75, 3.05) is 5.32 Å². The van der Waals surface area contributed by atoms with Crippen LogP contribution in [0.15, 0.2) is 48.5 Å². The first kappa shape index (κ1) is 17.4. The van der Waals surface area contributed by atoms with Crippen LogP contribution in [-0.4, -0.2) is 22.9 Å². The van der Waals surface area contributed by atoms with Gasteiger partial charge in [0.15, 0.2) is 6.10 Å². The molecular formula is C16H13ClN2O5. The number of carbonyl (C=O) groups excluding carboxylic acids is 2. The Morgan fingerprint density at radius 1 is 1.21 bits per heavy atom. The first-order chi connectivity index (χ1) is 11.4. The van der Waals surface area contributed by atoms with Gasteiger partial charge in [0.05, 0.1) is 15.5 Å². The van der Waals surface area contributed by atoms with Gasteiger partial charge in [-0.15, -0.1) is 0 Å². The minimum atomic E-state index is -1.07. The van der Waals surface area contributed by atoms with Crippen molar-refractivity contribution in [1.82, 2.24) is 0 Å². The number of nitrogens with zero attached hydrogens (tertiary/aromatic N) is 1. The van der Waals surface area contributed by atoms with Crippen molar-refractivity contribution in [2.24, 2.45) is 0 Å². The van der Waals surface area contributed by atoms with Gasteiger partial charge in [-0.05, 0) is 25.1 Å². The van der Waals surface area contributed by atoms with Crippen molar-refractivity contribution in [3.63, 3.8) is 0 Å². The first-order valence-corrected chi connectivity index (χ1v) is 7.27. The zero-order valence-corrected chi connectivity index (χ0v) is 13.3. The van der Waals surface area contributed by atoms with E-state index < -0.39 is 22.9 Å². The normalized spacial score (nSPS) is 11.4. The molecule has 0 heterocycles. The molecule has 0 unspecified atom stereocenters. The van der Waals surface area contributed by atoms with Gasteiger partial charge in [0.2, 0.25) is 0 Å². The summed E-state index contributed by atoms with van der Waals surface area (Å²) in [4.78, 5) is 34.1. The summed E-state index contributed by atoms with van der Waals surface area (Å²) in [6, 6.07) is 12.1. The van der Waals surface area contributed by atoms with Crippen molar-refractivity contribution < 1.29 is 19.2 Å². The molecular weight excluding hydrogens is 336 g/mol. The first-order valence-electron chi connectivity index (χ1n) is 6.89. The second kappa shape index (κ2) is 7.56. The van der Waals surface area contributed by atoms with E-state index in [2.05, 4.69) is 5.32 Å². The van der Waals surface area contributed by atoms with Crippen molar-refractivity contribution in [1.29, 1.82) is 0 Å². The molecule has 8 heteroatoms. The quantitative estimate of drug-likeness (QED) is 0.507. The van der Waals surface area contributed by atoms with Gasteiger partial charge in [0.1, 0.15) is 0 Å². The lowest BCUT2D eigenvalue weighted by atomic mass is 10.2. The third kappa shape index (κ3) is 4.30. The molecule has 0 fully saturated rings. The Morgan fingerprint density at radius 3 is 2.46 bits per heavy atom. The van der Waals surface area contributed by atoms with Crippen LogP contribution in [0.2, 0.25) is 5.02 Å². The predicted molar refractivity (Wildman–Crippen MR) is 88.1 cm³/mol. The molecule has 2 rings (SSSR count). The lowest BCUT2D eigenvalue weighted by Gasteiger charge is -2.14. The molecule has 0 aliphatic rings. The molecule has 0 bridgehead atoms. The Labute approximate surface area is 142 Å². The van der Waals surface area contributed by atoms with Crippen molar-refractivity contribution in [3.05, 3.63) is 69.2 Å². The molecule has 0 saturated carbocycles. The number of halogens is 1. The number of amides is 1. The van der Waals surface area contributed by atoms with Gasteiger partial charge >= 0.3 is 5.97 Å². The molecule has 0 aliphatic heterocycles. The Balaban J connectivity index is 2.03. The number of carbonyl (C=O) groups is 2. The Morgan fingerprint density at radius 2 is 1.88 bits per heavy atom. The highest BCUT2D eigenvalue weighted by Crippen LogP contribution is 2.23. The number of benzene rings is 2. The smallest absolute Gasteiger partial charge is 0.340 e. The number of hydrogen-bond acceptors (Lipinski definition) is 5. The molecule has 1 atom stereocenters. The van der Waals surface area contributed by atoms with Crippen LogP contribution in [0.5, 0.6) is 0 Å². The van der Waals surface area contributed by atoms with Gasteiger partial charge in [-0.1, -0.05) is 29.8 Å². The maximum atomic E-state index is 12.1. The van der Waals surface area contributed by atoms with Crippen LogP contribution < -0.4 is 5.32 Å². The Kier molecular flexibility index (Phi) is 5.49. The number of nitro groups is 1. The van der Waals surface area contributed by atoms with E-state index >= 15 is 0 Å². The van der Waals surface area contributed by atoms with Gasteiger partial charge in [0, 0.05) is 17.8 Å². The van der Waals surface area contributed by atoms with Crippen LogP contribution >= 0.6 is 11.6 Å². The summed E-state index contributed by atoms with van der Waals surface area (Å²) in [7, 11) is 0. The largest absolute Gasteiger partial charge is 0.449 e. The number of rotatable bonds is 5. The maximum absolute atomic E-state index is 12.1. The fourth-order valence-electron chi connectivity index (χ4n) is 1.83. The standard InChI is InChI=1S/C16H13ClN2O5/c1-10(15(20)18-11-5-3-2-4-6-11)24-16(21)13-8-7-12(19(22)23)9-14(13)17/h2-10H,1H3,(H,18,20)/t10-/m1/s1. The molecule has 2 aromatic rings. The summed E-state index contributed by atoms with van der Waals surface area (Å²) >= 11 is 5.86. The Bertz CT molecular complexity index is 779. The van der Waals surface area contributed by atoms with Gasteiger partial charge < -0.3 is 10.1 Å². The molecule has 1 amide bonds. The summed E-state index contributed by atoms with van der Waals surface area (Å²) < 4.78 is 5.05. The number of hydrogen-bond donors (Lipinski definition) is 1. The van der Waals surface area contributed by atoms with Gasteiger partial charge in [-0.2, -0.15) is 0 Å². The minimum Gasteiger partial charge on any atom is -0.449 e. The van der Waals surface area contributed by atoms with Gasteiger partial charge in [-0.25, -0.2) is 4.79 Å². The lowest BCUT2D eigenvalue weighted by molar-refractivity contribution is -0.384. The van der Waals surface area contributed by atoms with E-state index in [1.54, 1.807) is 30.3 Å². The second-order valence-electron chi connectivity index (χ2n) is 4.82. The minimum absolute atomic E-state index is 0.0540. The van der Waals surface area contributed by atoms with E-state index in [-0.39, 0.29) is 16.3 Å². The number of ether oxygens (including phenoxy) is 1. The number of anilines is 1. The topological polar surface area (TPSA) is 98.5 Å². The van der Waals surface area contributed by atoms with Crippen molar-refractivity contribution in [2.45, 2.75) is 13.0 Å². The van der Waals surface area contributed by atoms with E-state index in [1.807, 2.05) is 0 Å². The SMILES string of the molecule is C[C@@H](OC(=O)c1ccc([N+](=O)[O-])cc1Cl)C(=O)Nc1ccccc1. The summed E-state index contributed by atoms with van der Waals surface area (Å²) in [6.07, 6.45) is -1.07. The summed E-state index contributed by atoms with van der Waals surface area (Å²) in [5, 5.41) is 13.1. The molecule has 0 radical (unpaired) electrons. The highest BCUT2D eigenvalue weighted by molar-refractivity contribution is 6.33. The van der Waals surface area contributed by atoms with E-state index in [4.69, 9.17) is 16.3 Å². The van der Waals surface area contributed by atoms with E-state index in [0.29, 0.717) is 5.69 Å². The zero-order chi connectivity index (χ0) is 17.7. The molecule has 1 N–H and O–H groups in total. The number of para-hydroxylation sites is 1. The molecule has 0 aromatic heterocycles. The van der Waals surface area contributed by atoms with Crippen molar-refractivity contribution in [3.8, 4) is 0 Å². The summed E-state index contributed by atoms with van der Waals surface area (Å²) in [6.45, 7) is 1.41. The fraction of sp³-hybridized carbons (Fsp3) is 0.125. The van der Waals surface area contributed by atoms with Gasteiger partial charge in [-0.3, -0.25) is 14.9 Å². The second-order valence-corrected chi connectivity index (χ2v) is 5.23. The molecule has 0 saturated heterocycles. The van der Waals surface area contributed by atoms with Crippen LogP contribution in [0.1, 0.15) is 17.3 Å². The van der Waals surface area contributed by atoms with Crippen LogP contribution in [0.25, 0.3) is 0 Å². The fourth-order valence-corrected chi connectivity index (χ4v) is 2.08. The van der Waals surface area contributed by atoms with Crippen LogP contribution in [0, 0.1) is 10.1 Å². The average molecular weight is 349 g/mol. The molecule has 2 aromatic carbocycles. The molecule has 24 heavy (non-hydrogen) atoms. The van der Waals surface area contributed by atoms with Crippen LogP contribution in [0.4, 0.5) is 11.4 Å². The van der Waals surface area contributed by atoms with E-state index in [1.165, 1.54) is 13.0 Å². The summed E-state index contributed by atoms with van der Waals surface area (Å²) in [5.74, 6) is -1.35. The maximum Gasteiger partial charge on any atom is 0.340 e. The highest BCUT2D eigenvalue weighted by Gasteiger charge is 2.22. The number of nitrogens with one attached hydrogen (secondary N) is 1. The highest BCUT2D eigenvalue weighted by atomic mass is 35.5. The number of nitro benzene ring substituents is 1. The molecule has 124 valence electrons. The van der Waals surface area contributed by atoms with E-state index in [0.717, 1.165) is 12.1 Å². The zero-order valence-electron chi connectivity index (χ0n) is 12.6. The predicted octanol–water partition coefficient (Wildman–Crippen LogP) is 3.43. The van der Waals surface area contributed by atoms with E-state index in [9.17, 15) is 19.7 Å². The Hall–Kier alpha value is -2.93. The average Bonchev–Trinajstić information content (AvgIpc) is 2.55. The summed E-state index contributed by atoms with van der Waals surface area (Å²) in [5.41, 5.74) is 0.270. The third-order valence-electron chi connectivity index (χ3n) is 3.08.